The topological polar surface area (TPSA) is 53.4 Å². The fourth-order valence-corrected chi connectivity index (χ4v) is 2.87. The van der Waals surface area contributed by atoms with Crippen molar-refractivity contribution in [2.75, 3.05) is 13.1 Å². The maximum Gasteiger partial charge on any atom is 0.328 e. The van der Waals surface area contributed by atoms with E-state index in [0.717, 1.165) is 48.1 Å². The van der Waals surface area contributed by atoms with Crippen LogP contribution < -0.4 is 0 Å². The van der Waals surface area contributed by atoms with E-state index < -0.39 is 5.97 Å². The Morgan fingerprint density at radius 3 is 2.58 bits per heavy atom. The zero-order valence-corrected chi connectivity index (χ0v) is 12.7. The minimum atomic E-state index is -0.916. The first-order valence-electron chi connectivity index (χ1n) is 6.72. The molecule has 1 aromatic heterocycles. The van der Waals surface area contributed by atoms with Gasteiger partial charge in [-0.2, -0.15) is 0 Å². The lowest BCUT2D eigenvalue weighted by Gasteiger charge is -2.15. The normalized spacial score (nSPS) is 11.6. The average Bonchev–Trinajstić information content (AvgIpc) is 2.76. The van der Waals surface area contributed by atoms with Gasteiger partial charge >= 0.3 is 5.97 Å². The predicted molar refractivity (Wildman–Crippen MR) is 79.4 cm³/mol. The van der Waals surface area contributed by atoms with Crippen LogP contribution in [0.25, 0.3) is 6.08 Å². The van der Waals surface area contributed by atoms with Crippen LogP contribution in [0.1, 0.15) is 42.8 Å². The number of hydrogen-bond donors (Lipinski definition) is 1. The third-order valence-corrected chi connectivity index (χ3v) is 3.94. The van der Waals surface area contributed by atoms with Gasteiger partial charge in [0.2, 0.25) is 0 Å². The lowest BCUT2D eigenvalue weighted by atomic mass is 10.2. The average molecular weight is 282 g/mol. The van der Waals surface area contributed by atoms with Gasteiger partial charge in [-0.25, -0.2) is 9.78 Å². The van der Waals surface area contributed by atoms with Gasteiger partial charge in [0.1, 0.15) is 5.01 Å². The molecule has 0 saturated heterocycles. The molecule has 0 unspecified atom stereocenters. The number of carboxylic acid groups (broad SMARTS) is 1. The molecule has 1 rings (SSSR count). The highest BCUT2D eigenvalue weighted by Gasteiger charge is 2.11. The van der Waals surface area contributed by atoms with Crippen LogP contribution in [0.15, 0.2) is 6.08 Å². The van der Waals surface area contributed by atoms with Crippen molar-refractivity contribution >= 4 is 23.4 Å². The van der Waals surface area contributed by atoms with E-state index in [-0.39, 0.29) is 0 Å². The Balaban J connectivity index is 2.89. The molecule has 0 radical (unpaired) electrons. The number of carbonyl (C=O) groups is 1. The number of thiazole rings is 1. The summed E-state index contributed by atoms with van der Waals surface area (Å²) < 4.78 is 0. The maximum absolute atomic E-state index is 10.6. The number of hydrogen-bond acceptors (Lipinski definition) is 4. The van der Waals surface area contributed by atoms with Crippen molar-refractivity contribution < 1.29 is 9.90 Å². The van der Waals surface area contributed by atoms with Crippen molar-refractivity contribution in [3.05, 3.63) is 21.7 Å². The Hall–Kier alpha value is -1.20. The van der Waals surface area contributed by atoms with Gasteiger partial charge in [-0.15, -0.1) is 11.3 Å². The summed E-state index contributed by atoms with van der Waals surface area (Å²) in [5.41, 5.74) is 1.02. The molecule has 0 amide bonds. The van der Waals surface area contributed by atoms with Crippen LogP contribution >= 0.6 is 11.3 Å². The second-order valence-electron chi connectivity index (χ2n) is 4.30. The SMILES string of the molecule is CCCc1nc(CN(CC)CC)sc1/C=C/C(=O)O. The molecule has 0 aliphatic rings. The summed E-state index contributed by atoms with van der Waals surface area (Å²) in [4.78, 5) is 18.5. The van der Waals surface area contributed by atoms with E-state index >= 15 is 0 Å². The molecule has 0 aliphatic carbocycles. The summed E-state index contributed by atoms with van der Waals surface area (Å²) in [7, 11) is 0. The van der Waals surface area contributed by atoms with Gasteiger partial charge in [0, 0.05) is 6.08 Å². The quantitative estimate of drug-likeness (QED) is 0.745. The molecule has 0 atom stereocenters. The minimum absolute atomic E-state index is 0.843. The smallest absolute Gasteiger partial charge is 0.328 e. The highest BCUT2D eigenvalue weighted by atomic mass is 32.1. The van der Waals surface area contributed by atoms with E-state index in [2.05, 4.69) is 30.7 Å². The second kappa shape index (κ2) is 8.07. The van der Waals surface area contributed by atoms with Crippen molar-refractivity contribution in [3.8, 4) is 0 Å². The van der Waals surface area contributed by atoms with Crippen molar-refractivity contribution in [1.82, 2.24) is 9.88 Å². The Morgan fingerprint density at radius 2 is 2.05 bits per heavy atom. The van der Waals surface area contributed by atoms with Crippen molar-refractivity contribution in [2.24, 2.45) is 0 Å². The number of nitrogens with zero attached hydrogens (tertiary/aromatic N) is 2. The molecule has 0 bridgehead atoms. The third-order valence-electron chi connectivity index (χ3n) is 2.89. The van der Waals surface area contributed by atoms with Crippen LogP contribution in [0.3, 0.4) is 0 Å². The number of aliphatic carboxylic acids is 1. The van der Waals surface area contributed by atoms with Crippen molar-refractivity contribution in [3.63, 3.8) is 0 Å². The summed E-state index contributed by atoms with van der Waals surface area (Å²) in [6.45, 7) is 9.22. The van der Waals surface area contributed by atoms with Crippen LogP contribution in [0.4, 0.5) is 0 Å². The molecule has 0 aromatic carbocycles. The standard InChI is InChI=1S/C14H22N2O2S/c1-4-7-11-12(8-9-14(17)18)19-13(15-11)10-16(5-2)6-3/h8-9H,4-7,10H2,1-3H3,(H,17,18)/b9-8+. The maximum atomic E-state index is 10.6. The first kappa shape index (κ1) is 15.9. The molecule has 1 heterocycles. The monoisotopic (exact) mass is 282 g/mol. The largest absolute Gasteiger partial charge is 0.478 e. The van der Waals surface area contributed by atoms with Crippen molar-refractivity contribution in [1.29, 1.82) is 0 Å². The fraction of sp³-hybridized carbons (Fsp3) is 0.571. The summed E-state index contributed by atoms with van der Waals surface area (Å²) in [6, 6.07) is 0. The first-order valence-corrected chi connectivity index (χ1v) is 7.54. The molecular weight excluding hydrogens is 260 g/mol. The van der Waals surface area contributed by atoms with Gasteiger partial charge in [-0.05, 0) is 25.6 Å². The second-order valence-corrected chi connectivity index (χ2v) is 5.42. The molecule has 0 aliphatic heterocycles. The molecule has 0 saturated carbocycles. The number of carboxylic acids is 1. The number of aryl methyl sites for hydroxylation is 1. The molecule has 4 nitrogen and oxygen atoms in total. The Bertz CT molecular complexity index is 437. The van der Waals surface area contributed by atoms with Gasteiger partial charge in [-0.1, -0.05) is 27.2 Å². The van der Waals surface area contributed by atoms with Gasteiger partial charge in [-0.3, -0.25) is 4.90 Å². The molecule has 19 heavy (non-hydrogen) atoms. The molecular formula is C14H22N2O2S. The van der Waals surface area contributed by atoms with Crippen LogP contribution in [-0.2, 0) is 17.8 Å². The van der Waals surface area contributed by atoms with E-state index in [1.807, 2.05) is 0 Å². The van der Waals surface area contributed by atoms with E-state index in [0.29, 0.717) is 0 Å². The summed E-state index contributed by atoms with van der Waals surface area (Å²) in [5, 5.41) is 9.78. The van der Waals surface area contributed by atoms with Crippen LogP contribution in [0.2, 0.25) is 0 Å². The Morgan fingerprint density at radius 1 is 1.37 bits per heavy atom. The van der Waals surface area contributed by atoms with Crippen LogP contribution in [0.5, 0.6) is 0 Å². The third kappa shape index (κ3) is 5.12. The Kier molecular flexibility index (Phi) is 6.73. The zero-order chi connectivity index (χ0) is 14.3. The fourth-order valence-electron chi connectivity index (χ4n) is 1.81. The molecule has 1 N–H and O–H groups in total. The highest BCUT2D eigenvalue weighted by Crippen LogP contribution is 2.23. The Labute approximate surface area is 118 Å². The number of rotatable bonds is 8. The van der Waals surface area contributed by atoms with Gasteiger partial charge in [0.15, 0.2) is 0 Å². The van der Waals surface area contributed by atoms with Gasteiger partial charge in [0.25, 0.3) is 0 Å². The molecule has 0 fully saturated rings. The van der Waals surface area contributed by atoms with Crippen LogP contribution in [0, 0.1) is 0 Å². The lowest BCUT2D eigenvalue weighted by molar-refractivity contribution is -0.131. The summed E-state index contributed by atoms with van der Waals surface area (Å²) >= 11 is 1.60. The molecule has 106 valence electrons. The van der Waals surface area contributed by atoms with E-state index in [1.165, 1.54) is 6.08 Å². The summed E-state index contributed by atoms with van der Waals surface area (Å²) in [5.74, 6) is -0.916. The van der Waals surface area contributed by atoms with Crippen LogP contribution in [-0.4, -0.2) is 34.0 Å². The summed E-state index contributed by atoms with van der Waals surface area (Å²) in [6.07, 6.45) is 4.76. The van der Waals surface area contributed by atoms with Crippen molar-refractivity contribution in [2.45, 2.75) is 40.2 Å². The van der Waals surface area contributed by atoms with E-state index in [1.54, 1.807) is 17.4 Å². The van der Waals surface area contributed by atoms with E-state index in [4.69, 9.17) is 5.11 Å². The zero-order valence-electron chi connectivity index (χ0n) is 11.8. The highest BCUT2D eigenvalue weighted by molar-refractivity contribution is 7.12. The molecule has 1 aromatic rings. The van der Waals surface area contributed by atoms with E-state index in [9.17, 15) is 4.79 Å². The predicted octanol–water partition coefficient (Wildman–Crippen LogP) is 3.04. The van der Waals surface area contributed by atoms with Gasteiger partial charge in [0.05, 0.1) is 17.1 Å². The lowest BCUT2D eigenvalue weighted by Crippen LogP contribution is -2.21. The van der Waals surface area contributed by atoms with Gasteiger partial charge < -0.3 is 5.11 Å². The first-order chi connectivity index (χ1) is 9.10. The molecule has 5 heteroatoms. The minimum Gasteiger partial charge on any atom is -0.478 e. The molecule has 0 spiro atoms. The number of aromatic nitrogens is 1.